The van der Waals surface area contributed by atoms with E-state index < -0.39 is 0 Å². The molecule has 5 nitrogen and oxygen atoms in total. The lowest BCUT2D eigenvalue weighted by molar-refractivity contribution is 0.475. The van der Waals surface area contributed by atoms with Crippen molar-refractivity contribution in [1.82, 2.24) is 14.8 Å². The van der Waals surface area contributed by atoms with Gasteiger partial charge >= 0.3 is 0 Å². The first-order valence-electron chi connectivity index (χ1n) is 4.95. The molecule has 0 saturated carbocycles. The van der Waals surface area contributed by atoms with Gasteiger partial charge in [0.05, 0.1) is 6.54 Å². The molecule has 0 bridgehead atoms. The maximum atomic E-state index is 5.55. The first-order valence-corrected chi connectivity index (χ1v) is 4.95. The van der Waals surface area contributed by atoms with Crippen LogP contribution in [0, 0.1) is 0 Å². The van der Waals surface area contributed by atoms with Crippen molar-refractivity contribution in [3.8, 4) is 0 Å². The van der Waals surface area contributed by atoms with E-state index in [0.29, 0.717) is 6.54 Å². The topological polar surface area (TPSA) is 55.9 Å². The summed E-state index contributed by atoms with van der Waals surface area (Å²) < 4.78 is 7.37. The lowest BCUT2D eigenvalue weighted by Crippen LogP contribution is -2.03. The van der Waals surface area contributed by atoms with Crippen molar-refractivity contribution in [2.75, 3.05) is 5.32 Å². The predicted molar refractivity (Wildman–Crippen MR) is 56.4 cm³/mol. The molecule has 5 heteroatoms. The van der Waals surface area contributed by atoms with Gasteiger partial charge in [-0.05, 0) is 12.1 Å². The smallest absolute Gasteiger partial charge is 0.224 e. The lowest BCUT2D eigenvalue weighted by Gasteiger charge is -2.01. The molecule has 0 aliphatic heterocycles. The quantitative estimate of drug-likeness (QED) is 0.825. The molecule has 2 aromatic rings. The van der Waals surface area contributed by atoms with Gasteiger partial charge in [-0.15, -0.1) is 10.2 Å². The van der Waals surface area contributed by atoms with E-state index in [-0.39, 0.29) is 0 Å². The number of hydrogen-bond donors (Lipinski definition) is 1. The van der Waals surface area contributed by atoms with E-state index in [4.69, 9.17) is 4.42 Å². The van der Waals surface area contributed by atoms with E-state index in [2.05, 4.69) is 22.4 Å². The van der Waals surface area contributed by atoms with E-state index in [1.807, 2.05) is 23.7 Å². The minimum absolute atomic E-state index is 0.631. The first-order chi connectivity index (χ1) is 7.29. The zero-order valence-corrected chi connectivity index (χ0v) is 8.90. The summed E-state index contributed by atoms with van der Waals surface area (Å²) in [5.74, 6) is 2.66. The zero-order valence-electron chi connectivity index (χ0n) is 8.90. The highest BCUT2D eigenvalue weighted by Crippen LogP contribution is 2.10. The number of nitrogens with zero attached hydrogens (tertiary/aromatic N) is 3. The maximum Gasteiger partial charge on any atom is 0.224 e. The third-order valence-corrected chi connectivity index (χ3v) is 2.20. The second-order valence-corrected chi connectivity index (χ2v) is 3.34. The van der Waals surface area contributed by atoms with E-state index in [9.17, 15) is 0 Å². The molecule has 15 heavy (non-hydrogen) atoms. The van der Waals surface area contributed by atoms with Gasteiger partial charge in [-0.2, -0.15) is 0 Å². The second kappa shape index (κ2) is 4.16. The van der Waals surface area contributed by atoms with Gasteiger partial charge in [0.25, 0.3) is 0 Å². The molecule has 0 aliphatic carbocycles. The Morgan fingerprint density at radius 1 is 1.40 bits per heavy atom. The zero-order chi connectivity index (χ0) is 10.7. The molecule has 0 fully saturated rings. The summed E-state index contributed by atoms with van der Waals surface area (Å²) >= 11 is 0. The summed E-state index contributed by atoms with van der Waals surface area (Å²) in [7, 11) is 1.89. The summed E-state index contributed by atoms with van der Waals surface area (Å²) in [6.07, 6.45) is 2.58. The number of nitrogens with one attached hydrogen (secondary N) is 1. The van der Waals surface area contributed by atoms with Crippen molar-refractivity contribution >= 4 is 5.95 Å². The average molecular weight is 206 g/mol. The van der Waals surface area contributed by atoms with E-state index in [0.717, 1.165) is 23.9 Å². The van der Waals surface area contributed by atoms with Gasteiger partial charge in [-0.1, -0.05) is 6.92 Å². The van der Waals surface area contributed by atoms with Crippen LogP contribution in [0.15, 0.2) is 22.9 Å². The van der Waals surface area contributed by atoms with Crippen molar-refractivity contribution < 1.29 is 4.42 Å². The van der Waals surface area contributed by atoms with Gasteiger partial charge in [0.15, 0.2) is 0 Å². The molecule has 1 N–H and O–H groups in total. The molecule has 0 spiro atoms. The molecule has 2 rings (SSSR count). The fourth-order valence-corrected chi connectivity index (χ4v) is 1.32. The largest absolute Gasteiger partial charge is 0.464 e. The monoisotopic (exact) mass is 206 g/mol. The number of hydrogen-bond acceptors (Lipinski definition) is 4. The fraction of sp³-hybridized carbons (Fsp3) is 0.400. The van der Waals surface area contributed by atoms with Crippen LogP contribution < -0.4 is 5.32 Å². The molecule has 2 heterocycles. The Labute approximate surface area is 88.1 Å². The Hall–Kier alpha value is -1.78. The lowest BCUT2D eigenvalue weighted by atomic mass is 10.3. The Bertz CT molecular complexity index is 432. The summed E-state index contributed by atoms with van der Waals surface area (Å²) in [5.41, 5.74) is 0. The van der Waals surface area contributed by atoms with Gasteiger partial charge in [-0.3, -0.25) is 0 Å². The summed E-state index contributed by atoms with van der Waals surface area (Å²) in [6, 6.07) is 3.97. The molecule has 0 aromatic carbocycles. The van der Waals surface area contributed by atoms with Crippen molar-refractivity contribution in [3.05, 3.63) is 30.0 Å². The maximum absolute atomic E-state index is 5.55. The molecular formula is C10H14N4O. The fourth-order valence-electron chi connectivity index (χ4n) is 1.32. The van der Waals surface area contributed by atoms with Crippen LogP contribution in [0.4, 0.5) is 5.95 Å². The van der Waals surface area contributed by atoms with Crippen LogP contribution in [-0.2, 0) is 20.0 Å². The Morgan fingerprint density at radius 3 is 2.80 bits per heavy atom. The van der Waals surface area contributed by atoms with Crippen LogP contribution in [0.2, 0.25) is 0 Å². The van der Waals surface area contributed by atoms with Crippen LogP contribution in [0.3, 0.4) is 0 Å². The molecule has 0 amide bonds. The van der Waals surface area contributed by atoms with Crippen LogP contribution >= 0.6 is 0 Å². The molecule has 0 atom stereocenters. The third kappa shape index (κ3) is 2.18. The van der Waals surface area contributed by atoms with Crippen LogP contribution in [0.5, 0.6) is 0 Å². The molecule has 0 saturated heterocycles. The Morgan fingerprint density at radius 2 is 2.20 bits per heavy atom. The summed E-state index contributed by atoms with van der Waals surface area (Å²) in [6.45, 7) is 2.70. The minimum Gasteiger partial charge on any atom is -0.464 e. The SMILES string of the molecule is CCc1ccc(CNc2nncn2C)o1. The number of aryl methyl sites for hydroxylation is 2. The van der Waals surface area contributed by atoms with Crippen LogP contribution in [0.1, 0.15) is 18.4 Å². The molecule has 2 aromatic heterocycles. The normalized spacial score (nSPS) is 10.5. The van der Waals surface area contributed by atoms with Crippen LogP contribution in [-0.4, -0.2) is 14.8 Å². The number of furan rings is 1. The van der Waals surface area contributed by atoms with Crippen molar-refractivity contribution in [2.45, 2.75) is 19.9 Å². The van der Waals surface area contributed by atoms with Gasteiger partial charge in [0, 0.05) is 13.5 Å². The van der Waals surface area contributed by atoms with Gasteiger partial charge < -0.3 is 14.3 Å². The predicted octanol–water partition coefficient (Wildman–Crippen LogP) is 1.58. The standard InChI is InChI=1S/C10H14N4O/c1-3-8-4-5-9(15-8)6-11-10-13-12-7-14(10)2/h4-5,7H,3,6H2,1-2H3,(H,11,13). The molecule has 0 unspecified atom stereocenters. The number of anilines is 1. The highest BCUT2D eigenvalue weighted by molar-refractivity contribution is 5.24. The third-order valence-electron chi connectivity index (χ3n) is 2.20. The Kier molecular flexibility index (Phi) is 2.71. The van der Waals surface area contributed by atoms with Crippen molar-refractivity contribution in [3.63, 3.8) is 0 Å². The molecular weight excluding hydrogens is 192 g/mol. The average Bonchev–Trinajstić information content (AvgIpc) is 2.84. The van der Waals surface area contributed by atoms with Crippen molar-refractivity contribution in [2.24, 2.45) is 7.05 Å². The molecule has 80 valence electrons. The minimum atomic E-state index is 0.631. The Balaban J connectivity index is 1.96. The summed E-state index contributed by atoms with van der Waals surface area (Å²) in [4.78, 5) is 0. The van der Waals surface area contributed by atoms with Gasteiger partial charge in [0.2, 0.25) is 5.95 Å². The second-order valence-electron chi connectivity index (χ2n) is 3.34. The van der Waals surface area contributed by atoms with Crippen molar-refractivity contribution in [1.29, 1.82) is 0 Å². The number of aromatic nitrogens is 3. The summed E-state index contributed by atoms with van der Waals surface area (Å²) in [5, 5.41) is 10.8. The van der Waals surface area contributed by atoms with Gasteiger partial charge in [-0.25, -0.2) is 0 Å². The highest BCUT2D eigenvalue weighted by atomic mass is 16.3. The van der Waals surface area contributed by atoms with E-state index in [1.54, 1.807) is 6.33 Å². The first kappa shape index (κ1) is 9.76. The van der Waals surface area contributed by atoms with E-state index >= 15 is 0 Å². The van der Waals surface area contributed by atoms with E-state index in [1.165, 1.54) is 0 Å². The highest BCUT2D eigenvalue weighted by Gasteiger charge is 2.02. The number of rotatable bonds is 4. The molecule has 0 radical (unpaired) electrons. The molecule has 0 aliphatic rings. The van der Waals surface area contributed by atoms with Gasteiger partial charge in [0.1, 0.15) is 17.8 Å². The van der Waals surface area contributed by atoms with Crippen LogP contribution in [0.25, 0.3) is 0 Å².